The molecule has 6 nitrogen and oxygen atoms in total. The van der Waals surface area contributed by atoms with E-state index in [1.54, 1.807) is 31.0 Å². The number of hydrogen-bond donors (Lipinski definition) is 1. The number of benzene rings is 2. The smallest absolute Gasteiger partial charge is 0.229 e. The molecule has 1 aromatic heterocycles. The van der Waals surface area contributed by atoms with E-state index in [0.717, 1.165) is 16.9 Å². The molecule has 0 radical (unpaired) electrons. The van der Waals surface area contributed by atoms with E-state index in [2.05, 4.69) is 10.4 Å². The molecule has 0 aliphatic heterocycles. The van der Waals surface area contributed by atoms with Crippen molar-refractivity contribution in [3.05, 3.63) is 65.4 Å². The zero-order valence-corrected chi connectivity index (χ0v) is 15.9. The van der Waals surface area contributed by atoms with Crippen LogP contribution in [0.25, 0.3) is 5.69 Å². The molecule has 1 N–H and O–H groups in total. The Balaban J connectivity index is 1.78. The molecule has 1 amide bonds. The number of methoxy groups -OCH3 is 2. The van der Waals surface area contributed by atoms with Crippen LogP contribution in [0, 0.1) is 13.8 Å². The van der Waals surface area contributed by atoms with Gasteiger partial charge < -0.3 is 14.8 Å². The van der Waals surface area contributed by atoms with Gasteiger partial charge in [-0.25, -0.2) is 4.68 Å². The standard InChI is InChI=1S/C21H23N3O3/c1-14-5-8-17(9-6-14)24-20(11-15(2)23-24)22-21(25)13-16-7-10-18(26-3)19(12-16)27-4/h5-12H,13H2,1-4H3,(H,22,25). The number of ether oxygens (including phenoxy) is 2. The second kappa shape index (κ2) is 7.95. The number of rotatable bonds is 6. The summed E-state index contributed by atoms with van der Waals surface area (Å²) >= 11 is 0. The minimum atomic E-state index is -0.129. The Labute approximate surface area is 158 Å². The van der Waals surface area contributed by atoms with Gasteiger partial charge in [-0.2, -0.15) is 5.10 Å². The van der Waals surface area contributed by atoms with Gasteiger partial charge in [-0.05, 0) is 43.7 Å². The quantitative estimate of drug-likeness (QED) is 0.724. The van der Waals surface area contributed by atoms with Gasteiger partial charge in [0.2, 0.25) is 5.91 Å². The van der Waals surface area contributed by atoms with Crippen molar-refractivity contribution in [3.8, 4) is 17.2 Å². The van der Waals surface area contributed by atoms with E-state index in [9.17, 15) is 4.79 Å². The minimum Gasteiger partial charge on any atom is -0.493 e. The Morgan fingerprint density at radius 2 is 1.70 bits per heavy atom. The van der Waals surface area contributed by atoms with E-state index in [-0.39, 0.29) is 12.3 Å². The van der Waals surface area contributed by atoms with Crippen LogP contribution < -0.4 is 14.8 Å². The van der Waals surface area contributed by atoms with Crippen LogP contribution in [0.1, 0.15) is 16.8 Å². The second-order valence-electron chi connectivity index (χ2n) is 6.33. The van der Waals surface area contributed by atoms with E-state index in [1.807, 2.05) is 50.2 Å². The summed E-state index contributed by atoms with van der Waals surface area (Å²) in [6.07, 6.45) is 0.221. The first-order valence-electron chi connectivity index (χ1n) is 8.64. The van der Waals surface area contributed by atoms with Gasteiger partial charge in [-0.1, -0.05) is 23.8 Å². The van der Waals surface area contributed by atoms with Gasteiger partial charge in [0.15, 0.2) is 11.5 Å². The van der Waals surface area contributed by atoms with E-state index < -0.39 is 0 Å². The lowest BCUT2D eigenvalue weighted by molar-refractivity contribution is -0.115. The molecular formula is C21H23N3O3. The number of carbonyl (C=O) groups excluding carboxylic acids is 1. The maximum Gasteiger partial charge on any atom is 0.229 e. The molecule has 3 rings (SSSR count). The summed E-state index contributed by atoms with van der Waals surface area (Å²) in [5.74, 6) is 1.75. The molecule has 0 atom stereocenters. The van der Waals surface area contributed by atoms with Crippen molar-refractivity contribution in [1.82, 2.24) is 9.78 Å². The van der Waals surface area contributed by atoms with Gasteiger partial charge in [-0.3, -0.25) is 4.79 Å². The van der Waals surface area contributed by atoms with Gasteiger partial charge >= 0.3 is 0 Å². The van der Waals surface area contributed by atoms with Crippen molar-refractivity contribution in [2.75, 3.05) is 19.5 Å². The van der Waals surface area contributed by atoms with Gasteiger partial charge in [0.25, 0.3) is 0 Å². The van der Waals surface area contributed by atoms with E-state index >= 15 is 0 Å². The van der Waals surface area contributed by atoms with Gasteiger partial charge in [-0.15, -0.1) is 0 Å². The van der Waals surface area contributed by atoms with Crippen LogP contribution in [0.15, 0.2) is 48.5 Å². The van der Waals surface area contributed by atoms with Crippen molar-refractivity contribution in [2.24, 2.45) is 0 Å². The van der Waals surface area contributed by atoms with Gasteiger partial charge in [0.05, 0.1) is 32.0 Å². The third kappa shape index (κ3) is 4.28. The molecule has 140 valence electrons. The maximum absolute atomic E-state index is 12.6. The summed E-state index contributed by atoms with van der Waals surface area (Å²) < 4.78 is 12.3. The Hall–Kier alpha value is -3.28. The van der Waals surface area contributed by atoms with Crippen molar-refractivity contribution in [1.29, 1.82) is 0 Å². The molecule has 3 aromatic rings. The lowest BCUT2D eigenvalue weighted by Gasteiger charge is -2.11. The SMILES string of the molecule is COc1ccc(CC(=O)Nc2cc(C)nn2-c2ccc(C)cc2)cc1OC. The predicted molar refractivity (Wildman–Crippen MR) is 105 cm³/mol. The molecule has 27 heavy (non-hydrogen) atoms. The lowest BCUT2D eigenvalue weighted by Crippen LogP contribution is -2.17. The van der Waals surface area contributed by atoms with Crippen molar-refractivity contribution in [3.63, 3.8) is 0 Å². The summed E-state index contributed by atoms with van der Waals surface area (Å²) in [6, 6.07) is 15.3. The fraction of sp³-hybridized carbons (Fsp3) is 0.238. The molecule has 1 heterocycles. The number of aryl methyl sites for hydroxylation is 2. The van der Waals surface area contributed by atoms with Gasteiger partial charge in [0, 0.05) is 6.07 Å². The second-order valence-corrected chi connectivity index (χ2v) is 6.33. The van der Waals surface area contributed by atoms with E-state index in [1.165, 1.54) is 5.56 Å². The summed E-state index contributed by atoms with van der Waals surface area (Å²) in [4.78, 5) is 12.6. The third-order valence-electron chi connectivity index (χ3n) is 4.19. The number of nitrogens with one attached hydrogen (secondary N) is 1. The molecule has 0 saturated carbocycles. The largest absolute Gasteiger partial charge is 0.493 e. The maximum atomic E-state index is 12.6. The molecular weight excluding hydrogens is 342 g/mol. The van der Waals surface area contributed by atoms with Crippen molar-refractivity contribution < 1.29 is 14.3 Å². The first-order chi connectivity index (χ1) is 13.0. The molecule has 0 aliphatic rings. The zero-order chi connectivity index (χ0) is 19.4. The fourth-order valence-corrected chi connectivity index (χ4v) is 2.83. The number of carbonyl (C=O) groups is 1. The number of nitrogens with zero attached hydrogens (tertiary/aromatic N) is 2. The zero-order valence-electron chi connectivity index (χ0n) is 15.9. The highest BCUT2D eigenvalue weighted by molar-refractivity contribution is 5.92. The molecule has 0 aliphatic carbocycles. The molecule has 0 fully saturated rings. The number of amides is 1. The topological polar surface area (TPSA) is 65.4 Å². The van der Waals surface area contributed by atoms with Crippen LogP contribution in [0.2, 0.25) is 0 Å². The van der Waals surface area contributed by atoms with Crippen LogP contribution >= 0.6 is 0 Å². The molecule has 0 bridgehead atoms. The predicted octanol–water partition coefficient (Wildman–Crippen LogP) is 3.69. The number of hydrogen-bond acceptors (Lipinski definition) is 4. The average Bonchev–Trinajstić information content (AvgIpc) is 3.02. The summed E-state index contributed by atoms with van der Waals surface area (Å²) in [7, 11) is 3.16. The highest BCUT2D eigenvalue weighted by atomic mass is 16.5. The molecule has 0 saturated heterocycles. The number of anilines is 1. The Morgan fingerprint density at radius 1 is 1.00 bits per heavy atom. The Bertz CT molecular complexity index is 946. The first kappa shape index (κ1) is 18.5. The molecule has 6 heteroatoms. The molecule has 2 aromatic carbocycles. The first-order valence-corrected chi connectivity index (χ1v) is 8.64. The fourth-order valence-electron chi connectivity index (χ4n) is 2.83. The van der Waals surface area contributed by atoms with E-state index in [4.69, 9.17) is 9.47 Å². The normalized spacial score (nSPS) is 10.5. The average molecular weight is 365 g/mol. The molecule has 0 unspecified atom stereocenters. The Kier molecular flexibility index (Phi) is 5.45. The highest BCUT2D eigenvalue weighted by Gasteiger charge is 2.13. The number of aromatic nitrogens is 2. The molecule has 0 spiro atoms. The van der Waals surface area contributed by atoms with Crippen LogP contribution in [0.3, 0.4) is 0 Å². The lowest BCUT2D eigenvalue weighted by atomic mass is 10.1. The van der Waals surface area contributed by atoms with Crippen molar-refractivity contribution in [2.45, 2.75) is 20.3 Å². The van der Waals surface area contributed by atoms with Crippen LogP contribution in [-0.2, 0) is 11.2 Å². The summed E-state index contributed by atoms with van der Waals surface area (Å²) in [5, 5.41) is 7.43. The highest BCUT2D eigenvalue weighted by Crippen LogP contribution is 2.28. The van der Waals surface area contributed by atoms with Crippen LogP contribution in [-0.4, -0.2) is 29.9 Å². The van der Waals surface area contributed by atoms with E-state index in [0.29, 0.717) is 17.3 Å². The summed E-state index contributed by atoms with van der Waals surface area (Å²) in [5.41, 5.74) is 3.73. The Morgan fingerprint density at radius 3 is 2.37 bits per heavy atom. The van der Waals surface area contributed by atoms with Crippen molar-refractivity contribution >= 4 is 11.7 Å². The monoisotopic (exact) mass is 365 g/mol. The minimum absolute atomic E-state index is 0.129. The third-order valence-corrected chi connectivity index (χ3v) is 4.19. The van der Waals surface area contributed by atoms with Crippen LogP contribution in [0.5, 0.6) is 11.5 Å². The van der Waals surface area contributed by atoms with Crippen LogP contribution in [0.4, 0.5) is 5.82 Å². The van der Waals surface area contributed by atoms with Gasteiger partial charge in [0.1, 0.15) is 5.82 Å². The summed E-state index contributed by atoms with van der Waals surface area (Å²) in [6.45, 7) is 3.93.